The number of aromatic nitrogens is 2. The van der Waals surface area contributed by atoms with E-state index in [9.17, 15) is 14.4 Å². The monoisotopic (exact) mass is 618 g/mol. The molecule has 5 rings (SSSR count). The molecule has 1 saturated heterocycles. The van der Waals surface area contributed by atoms with Crippen LogP contribution in [-0.2, 0) is 11.3 Å². The molecule has 1 aromatic heterocycles. The quantitative estimate of drug-likeness (QED) is 0.413. The number of nitrogens with one attached hydrogen (secondary N) is 1. The molecule has 0 unspecified atom stereocenters. The fourth-order valence-corrected chi connectivity index (χ4v) is 5.85. The summed E-state index contributed by atoms with van der Waals surface area (Å²) in [6.45, 7) is 6.25. The standard InChI is InChI=1S/C30H43FN8O3.ClH/c1-30(2,33)27(40)36-13-15-37(16-14-36)28(41)34-26-11-12-39(29(42)35-26)24-8-5-21(25(31)17-24)19-38(18-20-3-4-20)23-9-6-22(32)7-10-23;/h5,8,11-12,17,20,22-23H,3-4,6-7,9-10,13-16,18-19,32-33H2,1-2H3,(H,34,35,41,42);1H/t22-,23-;. The fourth-order valence-electron chi connectivity index (χ4n) is 5.85. The Kier molecular flexibility index (Phi) is 10.5. The maximum atomic E-state index is 15.3. The summed E-state index contributed by atoms with van der Waals surface area (Å²) >= 11 is 0. The van der Waals surface area contributed by atoms with Crippen molar-refractivity contribution in [3.63, 3.8) is 0 Å². The molecule has 3 fully saturated rings. The van der Waals surface area contributed by atoms with Gasteiger partial charge < -0.3 is 21.3 Å². The third kappa shape index (κ3) is 8.31. The highest BCUT2D eigenvalue weighted by molar-refractivity contribution is 5.89. The highest BCUT2D eigenvalue weighted by atomic mass is 35.5. The summed E-state index contributed by atoms with van der Waals surface area (Å²) in [4.78, 5) is 47.6. The van der Waals surface area contributed by atoms with Crippen LogP contribution in [0.4, 0.5) is 15.0 Å². The molecule has 0 atom stereocenters. The zero-order chi connectivity index (χ0) is 30.0. The van der Waals surface area contributed by atoms with Gasteiger partial charge in [-0.05, 0) is 76.5 Å². The van der Waals surface area contributed by atoms with Crippen LogP contribution in [0.1, 0.15) is 57.9 Å². The Hall–Kier alpha value is -3.06. The molecule has 2 aromatic rings. The summed E-state index contributed by atoms with van der Waals surface area (Å²) in [5, 5.41) is 2.65. The first-order chi connectivity index (χ1) is 20.0. The van der Waals surface area contributed by atoms with Crippen molar-refractivity contribution in [1.29, 1.82) is 0 Å². The zero-order valence-corrected chi connectivity index (χ0v) is 25.8. The molecule has 11 nitrogen and oxygen atoms in total. The molecule has 0 radical (unpaired) electrons. The van der Waals surface area contributed by atoms with Crippen molar-refractivity contribution in [3.05, 3.63) is 52.3 Å². The summed E-state index contributed by atoms with van der Waals surface area (Å²) in [7, 11) is 0. The van der Waals surface area contributed by atoms with Crippen molar-refractivity contribution in [2.45, 2.75) is 76.5 Å². The maximum Gasteiger partial charge on any atom is 0.354 e. The topological polar surface area (TPSA) is 143 Å². The first-order valence-electron chi connectivity index (χ1n) is 15.0. The maximum absolute atomic E-state index is 15.3. The van der Waals surface area contributed by atoms with E-state index in [0.29, 0.717) is 55.9 Å². The first kappa shape index (κ1) is 32.8. The van der Waals surface area contributed by atoms with Gasteiger partial charge in [0.05, 0.1) is 11.2 Å². The van der Waals surface area contributed by atoms with Crippen molar-refractivity contribution >= 4 is 30.2 Å². The van der Waals surface area contributed by atoms with Crippen LogP contribution in [0.15, 0.2) is 35.3 Å². The molecule has 3 amide bonds. The zero-order valence-electron chi connectivity index (χ0n) is 25.0. The van der Waals surface area contributed by atoms with Crippen LogP contribution in [0.3, 0.4) is 0 Å². The van der Waals surface area contributed by atoms with E-state index in [2.05, 4.69) is 15.2 Å². The van der Waals surface area contributed by atoms with Crippen molar-refractivity contribution in [1.82, 2.24) is 24.3 Å². The number of carbonyl (C=O) groups excluding carboxylic acids is 2. The predicted octanol–water partition coefficient (Wildman–Crippen LogP) is 2.69. The van der Waals surface area contributed by atoms with E-state index in [4.69, 9.17) is 11.5 Å². The molecule has 1 aliphatic heterocycles. The third-order valence-electron chi connectivity index (χ3n) is 8.58. The van der Waals surface area contributed by atoms with E-state index in [1.165, 1.54) is 35.7 Å². The molecule has 43 heavy (non-hydrogen) atoms. The Morgan fingerprint density at radius 3 is 2.28 bits per heavy atom. The van der Waals surface area contributed by atoms with Crippen molar-refractivity contribution in [2.24, 2.45) is 17.4 Å². The van der Waals surface area contributed by atoms with E-state index in [-0.39, 0.29) is 36.0 Å². The highest BCUT2D eigenvalue weighted by Crippen LogP contribution is 2.33. The van der Waals surface area contributed by atoms with Crippen LogP contribution in [0.2, 0.25) is 0 Å². The Bertz CT molecular complexity index is 1350. The summed E-state index contributed by atoms with van der Waals surface area (Å²) in [6, 6.07) is 6.63. The molecule has 5 N–H and O–H groups in total. The minimum Gasteiger partial charge on any atom is -0.338 e. The minimum absolute atomic E-state index is 0. The number of piperazine rings is 1. The minimum atomic E-state index is -0.970. The SMILES string of the molecule is CC(C)(N)C(=O)N1CCN(C(=O)Nc2ccn(-c3ccc(CN(CC4CC4)[C@H]4CC[C@H](N)CC4)c(F)c3)c(=O)n2)CC1.Cl. The van der Waals surface area contributed by atoms with Gasteiger partial charge in [0.2, 0.25) is 5.91 Å². The Morgan fingerprint density at radius 2 is 1.70 bits per heavy atom. The van der Waals surface area contributed by atoms with Gasteiger partial charge in [0.1, 0.15) is 11.6 Å². The second-order valence-electron chi connectivity index (χ2n) is 12.6. The number of carbonyl (C=O) groups is 2. The number of rotatable bonds is 8. The van der Waals surface area contributed by atoms with Gasteiger partial charge in [0, 0.05) is 63.1 Å². The van der Waals surface area contributed by atoms with Gasteiger partial charge in [0.15, 0.2) is 0 Å². The van der Waals surface area contributed by atoms with E-state index in [1.54, 1.807) is 35.8 Å². The lowest BCUT2D eigenvalue weighted by molar-refractivity contribution is -0.137. The van der Waals surface area contributed by atoms with E-state index < -0.39 is 17.3 Å². The van der Waals surface area contributed by atoms with Crippen LogP contribution in [0, 0.1) is 11.7 Å². The van der Waals surface area contributed by atoms with Crippen LogP contribution >= 0.6 is 12.4 Å². The number of nitrogens with two attached hydrogens (primary N) is 2. The van der Waals surface area contributed by atoms with Crippen molar-refractivity contribution in [2.75, 3.05) is 38.0 Å². The molecule has 2 saturated carbocycles. The molecule has 0 bridgehead atoms. The summed E-state index contributed by atoms with van der Waals surface area (Å²) in [5.74, 6) is 0.273. The van der Waals surface area contributed by atoms with Gasteiger partial charge in [-0.2, -0.15) is 4.98 Å². The summed E-state index contributed by atoms with van der Waals surface area (Å²) < 4.78 is 16.6. The van der Waals surface area contributed by atoms with Crippen molar-refractivity contribution in [3.8, 4) is 5.69 Å². The molecular formula is C30H44ClFN8O3. The van der Waals surface area contributed by atoms with Gasteiger partial charge in [-0.25, -0.2) is 14.0 Å². The van der Waals surface area contributed by atoms with Gasteiger partial charge in [-0.3, -0.25) is 19.6 Å². The molecular weight excluding hydrogens is 575 g/mol. The first-order valence-corrected chi connectivity index (χ1v) is 15.0. The summed E-state index contributed by atoms with van der Waals surface area (Å²) in [6.07, 6.45) is 8.04. The fraction of sp³-hybridized carbons (Fsp3) is 0.600. The third-order valence-corrected chi connectivity index (χ3v) is 8.58. The lowest BCUT2D eigenvalue weighted by Crippen LogP contribution is -2.58. The molecule has 3 aliphatic rings. The molecule has 1 aromatic carbocycles. The second-order valence-corrected chi connectivity index (χ2v) is 12.6. The lowest BCUT2D eigenvalue weighted by atomic mass is 9.90. The van der Waals surface area contributed by atoms with Crippen LogP contribution in [-0.4, -0.2) is 86.5 Å². The number of hydrogen-bond acceptors (Lipinski definition) is 7. The largest absolute Gasteiger partial charge is 0.354 e. The molecule has 0 spiro atoms. The number of benzene rings is 1. The number of amides is 3. The predicted molar refractivity (Wildman–Crippen MR) is 166 cm³/mol. The number of hydrogen-bond donors (Lipinski definition) is 3. The lowest BCUT2D eigenvalue weighted by Gasteiger charge is -2.37. The van der Waals surface area contributed by atoms with Gasteiger partial charge in [-0.1, -0.05) is 6.07 Å². The normalized spacial score (nSPS) is 21.0. The summed E-state index contributed by atoms with van der Waals surface area (Å²) in [5.41, 5.74) is 11.4. The average molecular weight is 619 g/mol. The van der Waals surface area contributed by atoms with E-state index in [0.717, 1.165) is 32.2 Å². The Balaban J connectivity index is 0.00000423. The molecule has 13 heteroatoms. The molecule has 236 valence electrons. The van der Waals surface area contributed by atoms with Crippen LogP contribution in [0.5, 0.6) is 0 Å². The molecule has 2 aliphatic carbocycles. The van der Waals surface area contributed by atoms with Gasteiger partial charge >= 0.3 is 11.7 Å². The Labute approximate surface area is 258 Å². The molecule has 2 heterocycles. The number of urea groups is 1. The average Bonchev–Trinajstić information content (AvgIpc) is 3.77. The second kappa shape index (κ2) is 13.7. The van der Waals surface area contributed by atoms with Crippen LogP contribution < -0.4 is 22.5 Å². The van der Waals surface area contributed by atoms with Crippen LogP contribution in [0.25, 0.3) is 5.69 Å². The van der Waals surface area contributed by atoms with E-state index in [1.807, 2.05) is 0 Å². The van der Waals surface area contributed by atoms with Gasteiger partial charge in [0.25, 0.3) is 0 Å². The van der Waals surface area contributed by atoms with Gasteiger partial charge in [-0.15, -0.1) is 12.4 Å². The van der Waals surface area contributed by atoms with E-state index >= 15 is 4.39 Å². The number of halogens is 2. The number of nitrogens with zero attached hydrogens (tertiary/aromatic N) is 5. The highest BCUT2D eigenvalue weighted by Gasteiger charge is 2.32. The Morgan fingerprint density at radius 1 is 1.05 bits per heavy atom. The smallest absolute Gasteiger partial charge is 0.338 e. The number of anilines is 1. The van der Waals surface area contributed by atoms with Crippen molar-refractivity contribution < 1.29 is 14.0 Å².